The van der Waals surface area contributed by atoms with E-state index in [1.54, 1.807) is 11.8 Å². The fourth-order valence-corrected chi connectivity index (χ4v) is 2.55. The molecule has 2 N–H and O–H groups in total. The number of nitrogens with zero attached hydrogens (tertiary/aromatic N) is 2. The number of thioether (sulfide) groups is 1. The third kappa shape index (κ3) is 4.94. The summed E-state index contributed by atoms with van der Waals surface area (Å²) < 4.78 is 0. The normalized spacial score (nSPS) is 11.7. The summed E-state index contributed by atoms with van der Waals surface area (Å²) in [5.74, 6) is 2.69. The van der Waals surface area contributed by atoms with Crippen LogP contribution in [0.1, 0.15) is 51.9 Å². The predicted octanol–water partition coefficient (Wildman–Crippen LogP) is 3.38. The molecule has 0 atom stereocenters. The summed E-state index contributed by atoms with van der Waals surface area (Å²) in [7, 11) is 0. The molecular weight excluding hydrogens is 270 g/mol. The van der Waals surface area contributed by atoms with E-state index in [2.05, 4.69) is 44.9 Å². The molecule has 1 rings (SSSR count). The molecule has 1 heterocycles. The highest BCUT2D eigenvalue weighted by atomic mass is 32.2. The van der Waals surface area contributed by atoms with E-state index in [0.717, 1.165) is 47.4 Å². The number of hydrogen-bond donors (Lipinski definition) is 2. The third-order valence-corrected chi connectivity index (χ3v) is 4.02. The van der Waals surface area contributed by atoms with E-state index in [4.69, 9.17) is 10.1 Å². The second-order valence-electron chi connectivity index (χ2n) is 5.93. The first kappa shape index (κ1) is 17.2. The predicted molar refractivity (Wildman–Crippen MR) is 86.7 cm³/mol. The smallest absolute Gasteiger partial charge is 0.137 e. The van der Waals surface area contributed by atoms with Crippen LogP contribution in [0.2, 0.25) is 0 Å². The average molecular weight is 297 g/mol. The molecule has 0 saturated heterocycles. The second-order valence-corrected chi connectivity index (χ2v) is 7.01. The molecule has 1 aromatic heterocycles. The molecule has 0 saturated carbocycles. The van der Waals surface area contributed by atoms with E-state index in [0.29, 0.717) is 0 Å². The van der Waals surface area contributed by atoms with Crippen LogP contribution >= 0.6 is 11.8 Å². The first-order valence-corrected chi connectivity index (χ1v) is 8.25. The lowest BCUT2D eigenvalue weighted by molar-refractivity contribution is 0.296. The molecule has 0 spiro atoms. The van der Waals surface area contributed by atoms with Crippen LogP contribution in [0.4, 0.5) is 5.82 Å². The molecule has 0 fully saturated rings. The maximum absolute atomic E-state index is 8.91. The Morgan fingerprint density at radius 3 is 2.50 bits per heavy atom. The Labute approximate surface area is 126 Å². The highest BCUT2D eigenvalue weighted by Gasteiger charge is 2.21. The molecule has 0 unspecified atom stereocenters. The molecule has 1 aromatic rings. The van der Waals surface area contributed by atoms with E-state index >= 15 is 0 Å². The van der Waals surface area contributed by atoms with Crippen molar-refractivity contribution in [1.82, 2.24) is 9.97 Å². The molecule has 20 heavy (non-hydrogen) atoms. The quantitative estimate of drug-likeness (QED) is 0.459. The maximum atomic E-state index is 8.91. The van der Waals surface area contributed by atoms with Gasteiger partial charge in [-0.3, -0.25) is 0 Å². The summed E-state index contributed by atoms with van der Waals surface area (Å²) in [6.07, 6.45) is 1.86. The van der Waals surface area contributed by atoms with Crippen LogP contribution in [0.3, 0.4) is 0 Å². The first-order valence-electron chi connectivity index (χ1n) is 7.26. The van der Waals surface area contributed by atoms with Gasteiger partial charge in [-0.2, -0.15) is 0 Å². The van der Waals surface area contributed by atoms with Gasteiger partial charge in [0.25, 0.3) is 0 Å². The standard InChI is InChI=1S/C15H27N3OS/c1-6-8-16-12-11(2)13(20-10-7-9-19)18-14(17-12)15(3,4)5/h19H,6-10H2,1-5H3,(H,16,17,18). The lowest BCUT2D eigenvalue weighted by atomic mass is 9.95. The van der Waals surface area contributed by atoms with Gasteiger partial charge >= 0.3 is 0 Å². The van der Waals surface area contributed by atoms with Crippen molar-refractivity contribution < 1.29 is 5.11 Å². The zero-order chi connectivity index (χ0) is 15.2. The molecule has 5 heteroatoms. The minimum Gasteiger partial charge on any atom is -0.396 e. The molecule has 0 amide bonds. The van der Waals surface area contributed by atoms with Crippen molar-refractivity contribution in [2.45, 2.75) is 57.9 Å². The molecule has 0 aromatic carbocycles. The van der Waals surface area contributed by atoms with E-state index in [9.17, 15) is 0 Å². The minimum atomic E-state index is -0.0668. The van der Waals surface area contributed by atoms with Crippen molar-refractivity contribution in [3.8, 4) is 0 Å². The molecule has 0 aliphatic rings. The van der Waals surface area contributed by atoms with Gasteiger partial charge in [-0.1, -0.05) is 27.7 Å². The number of nitrogens with one attached hydrogen (secondary N) is 1. The van der Waals surface area contributed by atoms with Crippen molar-refractivity contribution >= 4 is 17.6 Å². The maximum Gasteiger partial charge on any atom is 0.137 e. The minimum absolute atomic E-state index is 0.0668. The summed E-state index contributed by atoms with van der Waals surface area (Å²) in [5.41, 5.74) is 1.04. The Hall–Kier alpha value is -0.810. The number of rotatable bonds is 7. The van der Waals surface area contributed by atoms with Gasteiger partial charge in [-0.15, -0.1) is 11.8 Å². The van der Waals surface area contributed by atoms with Gasteiger partial charge < -0.3 is 10.4 Å². The molecule has 0 aliphatic carbocycles. The second kappa shape index (κ2) is 7.84. The lowest BCUT2D eigenvalue weighted by Gasteiger charge is -2.20. The lowest BCUT2D eigenvalue weighted by Crippen LogP contribution is -2.19. The number of aromatic nitrogens is 2. The SMILES string of the molecule is CCCNc1nc(C(C)(C)C)nc(SCCCO)c1C. The highest BCUT2D eigenvalue weighted by molar-refractivity contribution is 7.99. The van der Waals surface area contributed by atoms with Crippen molar-refractivity contribution in [1.29, 1.82) is 0 Å². The fourth-order valence-electron chi connectivity index (χ4n) is 1.62. The van der Waals surface area contributed by atoms with Crippen LogP contribution in [0.15, 0.2) is 5.03 Å². The van der Waals surface area contributed by atoms with E-state index in [1.807, 2.05) is 0 Å². The van der Waals surface area contributed by atoms with Crippen molar-refractivity contribution in [3.05, 3.63) is 11.4 Å². The van der Waals surface area contributed by atoms with Crippen LogP contribution in [0.5, 0.6) is 0 Å². The van der Waals surface area contributed by atoms with Crippen molar-refractivity contribution in [3.63, 3.8) is 0 Å². The molecule has 0 aliphatic heterocycles. The van der Waals surface area contributed by atoms with E-state index < -0.39 is 0 Å². The molecular formula is C15H27N3OS. The van der Waals surface area contributed by atoms with Crippen molar-refractivity contribution in [2.24, 2.45) is 0 Å². The van der Waals surface area contributed by atoms with Crippen LogP contribution in [0, 0.1) is 6.92 Å². The summed E-state index contributed by atoms with van der Waals surface area (Å²) >= 11 is 1.70. The average Bonchev–Trinajstić information content (AvgIpc) is 2.38. The fraction of sp³-hybridized carbons (Fsp3) is 0.733. The van der Waals surface area contributed by atoms with E-state index in [-0.39, 0.29) is 12.0 Å². The molecule has 0 radical (unpaired) electrons. The van der Waals surface area contributed by atoms with Gasteiger partial charge in [0, 0.05) is 29.9 Å². The Kier molecular flexibility index (Phi) is 6.76. The van der Waals surface area contributed by atoms with Gasteiger partial charge in [-0.05, 0) is 19.8 Å². The number of hydrogen-bond acceptors (Lipinski definition) is 5. The topological polar surface area (TPSA) is 58.0 Å². The zero-order valence-electron chi connectivity index (χ0n) is 13.3. The Morgan fingerprint density at radius 1 is 1.25 bits per heavy atom. The summed E-state index contributed by atoms with van der Waals surface area (Å²) in [6, 6.07) is 0. The Bertz CT molecular complexity index is 430. The first-order chi connectivity index (χ1) is 9.40. The highest BCUT2D eigenvalue weighted by Crippen LogP contribution is 2.29. The summed E-state index contributed by atoms with van der Waals surface area (Å²) in [6.45, 7) is 11.7. The number of aliphatic hydroxyl groups is 1. The molecule has 114 valence electrons. The monoisotopic (exact) mass is 297 g/mol. The number of aliphatic hydroxyl groups excluding tert-OH is 1. The third-order valence-electron chi connectivity index (χ3n) is 2.86. The van der Waals surface area contributed by atoms with Crippen LogP contribution in [-0.2, 0) is 5.41 Å². The Morgan fingerprint density at radius 2 is 1.95 bits per heavy atom. The summed E-state index contributed by atoms with van der Waals surface area (Å²) in [5, 5.41) is 13.3. The molecule has 4 nitrogen and oxygen atoms in total. The van der Waals surface area contributed by atoms with Crippen LogP contribution in [-0.4, -0.2) is 34.0 Å². The summed E-state index contributed by atoms with van der Waals surface area (Å²) in [4.78, 5) is 9.40. The van der Waals surface area contributed by atoms with Gasteiger partial charge in [-0.25, -0.2) is 9.97 Å². The Balaban J connectivity index is 3.06. The zero-order valence-corrected chi connectivity index (χ0v) is 14.1. The van der Waals surface area contributed by atoms with Crippen LogP contribution in [0.25, 0.3) is 0 Å². The van der Waals surface area contributed by atoms with Gasteiger partial charge in [0.2, 0.25) is 0 Å². The van der Waals surface area contributed by atoms with Gasteiger partial charge in [0.05, 0.1) is 0 Å². The van der Waals surface area contributed by atoms with Crippen LogP contribution < -0.4 is 5.32 Å². The largest absolute Gasteiger partial charge is 0.396 e. The number of anilines is 1. The molecule has 0 bridgehead atoms. The van der Waals surface area contributed by atoms with E-state index in [1.165, 1.54) is 0 Å². The van der Waals surface area contributed by atoms with Crippen molar-refractivity contribution in [2.75, 3.05) is 24.2 Å². The van der Waals surface area contributed by atoms with Gasteiger partial charge in [0.1, 0.15) is 16.7 Å². The van der Waals surface area contributed by atoms with Gasteiger partial charge in [0.15, 0.2) is 0 Å².